The van der Waals surface area contributed by atoms with E-state index in [0.717, 1.165) is 11.3 Å². The Morgan fingerprint density at radius 1 is 1.06 bits per heavy atom. The lowest BCUT2D eigenvalue weighted by atomic mass is 10.1. The van der Waals surface area contributed by atoms with Crippen LogP contribution in [0.25, 0.3) is 11.3 Å². The Kier molecular flexibility index (Phi) is 2.52. The van der Waals surface area contributed by atoms with Crippen molar-refractivity contribution in [3.05, 3.63) is 52.3 Å². The van der Waals surface area contributed by atoms with Gasteiger partial charge in [-0.25, -0.2) is 0 Å². The van der Waals surface area contributed by atoms with E-state index < -0.39 is 0 Å². The number of benzene rings is 1. The first-order valence-electron chi connectivity index (χ1n) is 5.12. The maximum atomic E-state index is 11.7. The summed E-state index contributed by atoms with van der Waals surface area (Å²) < 4.78 is 1.57. The molecule has 3 heteroatoms. The molecule has 0 aliphatic rings. The number of rotatable bonds is 1. The van der Waals surface area contributed by atoms with E-state index in [0.29, 0.717) is 0 Å². The highest BCUT2D eigenvalue weighted by molar-refractivity contribution is 5.61. The zero-order valence-electron chi connectivity index (χ0n) is 9.40. The molecule has 0 saturated heterocycles. The van der Waals surface area contributed by atoms with Crippen LogP contribution in [0.4, 0.5) is 5.69 Å². The molecular formula is C13H14N2O. The molecule has 0 amide bonds. The molecule has 3 nitrogen and oxygen atoms in total. The SMILES string of the molecule is Cc1ccc(-c2ccc(N)c(=O)n2C)cc1. The summed E-state index contributed by atoms with van der Waals surface area (Å²) in [6.07, 6.45) is 0. The zero-order chi connectivity index (χ0) is 11.7. The van der Waals surface area contributed by atoms with Crippen molar-refractivity contribution >= 4 is 5.69 Å². The van der Waals surface area contributed by atoms with E-state index in [-0.39, 0.29) is 11.2 Å². The van der Waals surface area contributed by atoms with Gasteiger partial charge in [0.25, 0.3) is 5.56 Å². The van der Waals surface area contributed by atoms with E-state index in [1.807, 2.05) is 37.3 Å². The first-order valence-corrected chi connectivity index (χ1v) is 5.12. The van der Waals surface area contributed by atoms with Crippen molar-refractivity contribution < 1.29 is 0 Å². The molecule has 16 heavy (non-hydrogen) atoms. The second-order valence-corrected chi connectivity index (χ2v) is 3.90. The fourth-order valence-corrected chi connectivity index (χ4v) is 1.67. The maximum Gasteiger partial charge on any atom is 0.273 e. The van der Waals surface area contributed by atoms with Crippen molar-refractivity contribution in [2.24, 2.45) is 7.05 Å². The Bertz CT molecular complexity index is 567. The van der Waals surface area contributed by atoms with Crippen molar-refractivity contribution in [3.8, 4) is 11.3 Å². The predicted octanol–water partition coefficient (Wildman–Crippen LogP) is 1.94. The van der Waals surface area contributed by atoms with Gasteiger partial charge in [0.05, 0.1) is 11.4 Å². The molecule has 0 spiro atoms. The third-order valence-corrected chi connectivity index (χ3v) is 2.68. The molecular weight excluding hydrogens is 200 g/mol. The molecule has 2 rings (SSSR count). The summed E-state index contributed by atoms with van der Waals surface area (Å²) in [5.41, 5.74) is 8.77. The highest BCUT2D eigenvalue weighted by atomic mass is 16.1. The van der Waals surface area contributed by atoms with Gasteiger partial charge in [-0.3, -0.25) is 4.79 Å². The van der Waals surface area contributed by atoms with Crippen LogP contribution in [-0.2, 0) is 7.05 Å². The molecule has 0 unspecified atom stereocenters. The molecule has 1 heterocycles. The van der Waals surface area contributed by atoms with Gasteiger partial charge in [-0.05, 0) is 24.6 Å². The average Bonchev–Trinajstić information content (AvgIpc) is 2.28. The number of hydrogen-bond donors (Lipinski definition) is 1. The Morgan fingerprint density at radius 2 is 1.69 bits per heavy atom. The van der Waals surface area contributed by atoms with Gasteiger partial charge in [0.15, 0.2) is 0 Å². The Balaban J connectivity index is 2.61. The fourth-order valence-electron chi connectivity index (χ4n) is 1.67. The largest absolute Gasteiger partial charge is 0.394 e. The number of aromatic nitrogens is 1. The van der Waals surface area contributed by atoms with Gasteiger partial charge in [-0.15, -0.1) is 0 Å². The molecule has 0 saturated carbocycles. The Hall–Kier alpha value is -2.03. The summed E-state index contributed by atoms with van der Waals surface area (Å²) in [4.78, 5) is 11.7. The van der Waals surface area contributed by atoms with E-state index in [2.05, 4.69) is 0 Å². The van der Waals surface area contributed by atoms with Crippen LogP contribution in [0.15, 0.2) is 41.2 Å². The Labute approximate surface area is 94.1 Å². The van der Waals surface area contributed by atoms with Crippen LogP contribution in [0, 0.1) is 6.92 Å². The first kappa shape index (κ1) is 10.5. The highest BCUT2D eigenvalue weighted by Crippen LogP contribution is 2.18. The second kappa shape index (κ2) is 3.85. The number of nitrogen functional groups attached to an aromatic ring is 1. The smallest absolute Gasteiger partial charge is 0.273 e. The molecule has 1 aromatic carbocycles. The van der Waals surface area contributed by atoms with E-state index in [9.17, 15) is 4.79 Å². The topological polar surface area (TPSA) is 48.0 Å². The summed E-state index contributed by atoms with van der Waals surface area (Å²) in [5, 5.41) is 0. The molecule has 0 radical (unpaired) electrons. The molecule has 0 atom stereocenters. The standard InChI is InChI=1S/C13H14N2O/c1-9-3-5-10(6-4-9)12-8-7-11(14)13(16)15(12)2/h3-8H,14H2,1-2H3. The quantitative estimate of drug-likeness (QED) is 0.788. The minimum atomic E-state index is -0.155. The summed E-state index contributed by atoms with van der Waals surface area (Å²) in [6, 6.07) is 11.6. The minimum Gasteiger partial charge on any atom is -0.394 e. The van der Waals surface area contributed by atoms with Crippen molar-refractivity contribution in [2.75, 3.05) is 5.73 Å². The lowest BCUT2D eigenvalue weighted by molar-refractivity contribution is 0.874. The van der Waals surface area contributed by atoms with Gasteiger partial charge in [-0.1, -0.05) is 29.8 Å². The third kappa shape index (κ3) is 1.72. The van der Waals surface area contributed by atoms with Crippen LogP contribution in [0.5, 0.6) is 0 Å². The van der Waals surface area contributed by atoms with Gasteiger partial charge in [0.2, 0.25) is 0 Å². The summed E-state index contributed by atoms with van der Waals surface area (Å²) in [5.74, 6) is 0. The monoisotopic (exact) mass is 214 g/mol. The second-order valence-electron chi connectivity index (χ2n) is 3.90. The van der Waals surface area contributed by atoms with Gasteiger partial charge in [-0.2, -0.15) is 0 Å². The predicted molar refractivity (Wildman–Crippen MR) is 66.3 cm³/mol. The summed E-state index contributed by atoms with van der Waals surface area (Å²) in [7, 11) is 1.73. The van der Waals surface area contributed by atoms with Crippen LogP contribution in [-0.4, -0.2) is 4.57 Å². The third-order valence-electron chi connectivity index (χ3n) is 2.68. The van der Waals surface area contributed by atoms with E-state index in [1.165, 1.54) is 5.56 Å². The molecule has 0 aliphatic carbocycles. The molecule has 2 N–H and O–H groups in total. The molecule has 82 valence electrons. The number of nitrogens with zero attached hydrogens (tertiary/aromatic N) is 1. The van der Waals surface area contributed by atoms with Crippen molar-refractivity contribution in [3.63, 3.8) is 0 Å². The molecule has 0 fully saturated rings. The Morgan fingerprint density at radius 3 is 2.31 bits per heavy atom. The van der Waals surface area contributed by atoms with E-state index >= 15 is 0 Å². The van der Waals surface area contributed by atoms with Gasteiger partial charge in [0, 0.05) is 7.05 Å². The molecule has 0 bridgehead atoms. The van der Waals surface area contributed by atoms with E-state index in [4.69, 9.17) is 5.73 Å². The molecule has 1 aromatic heterocycles. The highest BCUT2D eigenvalue weighted by Gasteiger charge is 2.04. The maximum absolute atomic E-state index is 11.7. The lowest BCUT2D eigenvalue weighted by Crippen LogP contribution is -2.21. The van der Waals surface area contributed by atoms with Crippen molar-refractivity contribution in [2.45, 2.75) is 6.92 Å². The van der Waals surface area contributed by atoms with Crippen molar-refractivity contribution in [1.82, 2.24) is 4.57 Å². The van der Waals surface area contributed by atoms with Gasteiger partial charge in [0.1, 0.15) is 0 Å². The molecule has 0 aliphatic heterocycles. The first-order chi connectivity index (χ1) is 7.59. The zero-order valence-corrected chi connectivity index (χ0v) is 9.40. The fraction of sp³-hybridized carbons (Fsp3) is 0.154. The minimum absolute atomic E-state index is 0.155. The molecule has 2 aromatic rings. The number of nitrogens with two attached hydrogens (primary N) is 1. The number of aryl methyl sites for hydroxylation is 1. The van der Waals surface area contributed by atoms with Crippen LogP contribution in [0.2, 0.25) is 0 Å². The van der Waals surface area contributed by atoms with Gasteiger partial charge < -0.3 is 10.3 Å². The summed E-state index contributed by atoms with van der Waals surface area (Å²) in [6.45, 7) is 2.03. The number of anilines is 1. The van der Waals surface area contributed by atoms with Crippen LogP contribution >= 0.6 is 0 Å². The van der Waals surface area contributed by atoms with Crippen LogP contribution < -0.4 is 11.3 Å². The normalized spacial score (nSPS) is 10.4. The number of hydrogen-bond acceptors (Lipinski definition) is 2. The van der Waals surface area contributed by atoms with Gasteiger partial charge >= 0.3 is 0 Å². The lowest BCUT2D eigenvalue weighted by Gasteiger charge is -2.09. The van der Waals surface area contributed by atoms with Crippen LogP contribution in [0.1, 0.15) is 5.56 Å². The average molecular weight is 214 g/mol. The van der Waals surface area contributed by atoms with E-state index in [1.54, 1.807) is 17.7 Å². The summed E-state index contributed by atoms with van der Waals surface area (Å²) >= 11 is 0. The van der Waals surface area contributed by atoms with Crippen LogP contribution in [0.3, 0.4) is 0 Å². The van der Waals surface area contributed by atoms with Crippen molar-refractivity contribution in [1.29, 1.82) is 0 Å². The number of pyridine rings is 1.